The van der Waals surface area contributed by atoms with E-state index in [0.29, 0.717) is 0 Å². The van der Waals surface area contributed by atoms with Crippen LogP contribution >= 0.6 is 0 Å². The highest BCUT2D eigenvalue weighted by atomic mass is 16.2. The summed E-state index contributed by atoms with van der Waals surface area (Å²) < 4.78 is 1.45. The predicted octanol–water partition coefficient (Wildman–Crippen LogP) is 1.33. The van der Waals surface area contributed by atoms with Gasteiger partial charge in [0.2, 0.25) is 11.9 Å². The summed E-state index contributed by atoms with van der Waals surface area (Å²) in [4.78, 5) is 34.2. The number of hydrogen-bond donors (Lipinski definition) is 1. The first kappa shape index (κ1) is 16.1. The molecule has 0 bridgehead atoms. The lowest BCUT2D eigenvalue weighted by atomic mass is 10.2. The Hall–Kier alpha value is -2.77. The molecule has 1 aliphatic rings. The Labute approximate surface area is 139 Å². The summed E-state index contributed by atoms with van der Waals surface area (Å²) in [5, 5.41) is 6.70. The van der Waals surface area contributed by atoms with Crippen LogP contribution in [0.4, 0.5) is 5.95 Å². The van der Waals surface area contributed by atoms with Crippen molar-refractivity contribution in [2.45, 2.75) is 32.2 Å². The largest absolute Gasteiger partial charge is 0.341 e. The number of rotatable bonds is 4. The lowest BCUT2D eigenvalue weighted by molar-refractivity contribution is -0.132. The van der Waals surface area contributed by atoms with Crippen LogP contribution in [-0.4, -0.2) is 49.6 Å². The Morgan fingerprint density at radius 2 is 1.88 bits per heavy atom. The van der Waals surface area contributed by atoms with Crippen molar-refractivity contribution >= 4 is 17.8 Å². The molecule has 0 aliphatic carbocycles. The second-order valence-corrected chi connectivity index (χ2v) is 5.73. The molecule has 0 aromatic carbocycles. The van der Waals surface area contributed by atoms with Crippen LogP contribution in [0.25, 0.3) is 0 Å². The Morgan fingerprint density at radius 3 is 2.58 bits per heavy atom. The third-order valence-electron chi connectivity index (χ3n) is 3.92. The van der Waals surface area contributed by atoms with Crippen LogP contribution in [0, 0.1) is 0 Å². The third-order valence-corrected chi connectivity index (χ3v) is 3.92. The zero-order valence-corrected chi connectivity index (χ0v) is 13.4. The summed E-state index contributed by atoms with van der Waals surface area (Å²) in [5.74, 6) is -0.189. The van der Waals surface area contributed by atoms with Crippen LogP contribution in [-0.2, 0) is 11.3 Å². The van der Waals surface area contributed by atoms with E-state index in [1.54, 1.807) is 24.4 Å². The van der Waals surface area contributed by atoms with Gasteiger partial charge in [-0.2, -0.15) is 0 Å². The molecule has 1 fully saturated rings. The van der Waals surface area contributed by atoms with Crippen molar-refractivity contribution in [1.82, 2.24) is 24.6 Å². The molecular formula is C16H20N6O2. The molecule has 24 heavy (non-hydrogen) atoms. The van der Waals surface area contributed by atoms with E-state index in [4.69, 9.17) is 0 Å². The number of nitrogens with zero attached hydrogens (tertiary/aromatic N) is 5. The first-order chi connectivity index (χ1) is 11.7. The molecule has 0 radical (unpaired) electrons. The maximum atomic E-state index is 12.3. The average molecular weight is 328 g/mol. The minimum absolute atomic E-state index is 0.0319. The van der Waals surface area contributed by atoms with Gasteiger partial charge in [0.05, 0.1) is 0 Å². The van der Waals surface area contributed by atoms with E-state index in [1.165, 1.54) is 23.9 Å². The molecule has 1 N–H and O–H groups in total. The molecule has 1 aliphatic heterocycles. The standard InChI is InChI=1S/C16H20N6O2/c23-14(21-9-5-1-2-6-10-21)11-22-12-18-16(20-22)19-15(24)13-7-3-4-8-17-13/h3-4,7-8,12H,1-2,5-6,9-11H2,(H,19,20,24). The van der Waals surface area contributed by atoms with Crippen molar-refractivity contribution in [3.63, 3.8) is 0 Å². The molecule has 2 amide bonds. The fourth-order valence-corrected chi connectivity index (χ4v) is 2.65. The number of amides is 2. The van der Waals surface area contributed by atoms with Gasteiger partial charge in [0.15, 0.2) is 0 Å². The van der Waals surface area contributed by atoms with E-state index >= 15 is 0 Å². The number of aromatic nitrogens is 4. The lowest BCUT2D eigenvalue weighted by Gasteiger charge is -2.19. The van der Waals surface area contributed by atoms with Crippen LogP contribution < -0.4 is 5.32 Å². The summed E-state index contributed by atoms with van der Waals surface area (Å²) >= 11 is 0. The maximum Gasteiger partial charge on any atom is 0.276 e. The molecule has 3 heterocycles. The van der Waals surface area contributed by atoms with E-state index in [9.17, 15) is 9.59 Å². The van der Waals surface area contributed by atoms with Gasteiger partial charge >= 0.3 is 0 Å². The van der Waals surface area contributed by atoms with Crippen molar-refractivity contribution in [2.24, 2.45) is 0 Å². The summed E-state index contributed by atoms with van der Waals surface area (Å²) in [6.45, 7) is 1.74. The van der Waals surface area contributed by atoms with Crippen LogP contribution in [0.5, 0.6) is 0 Å². The Balaban J connectivity index is 1.57. The normalized spacial score (nSPS) is 14.9. The number of likely N-dealkylation sites (tertiary alicyclic amines) is 1. The second kappa shape index (κ2) is 7.67. The molecule has 0 spiro atoms. The molecule has 2 aromatic rings. The summed E-state index contributed by atoms with van der Waals surface area (Å²) in [6.07, 6.45) is 7.45. The molecule has 8 heteroatoms. The number of anilines is 1. The van der Waals surface area contributed by atoms with Gasteiger partial charge in [-0.15, -0.1) is 5.10 Å². The van der Waals surface area contributed by atoms with Crippen molar-refractivity contribution in [1.29, 1.82) is 0 Å². The highest BCUT2D eigenvalue weighted by Gasteiger charge is 2.17. The molecule has 126 valence electrons. The van der Waals surface area contributed by atoms with E-state index in [0.717, 1.165) is 25.9 Å². The van der Waals surface area contributed by atoms with Gasteiger partial charge in [0, 0.05) is 19.3 Å². The molecular weight excluding hydrogens is 308 g/mol. The number of nitrogens with one attached hydrogen (secondary N) is 1. The Morgan fingerprint density at radius 1 is 1.08 bits per heavy atom. The number of pyridine rings is 1. The second-order valence-electron chi connectivity index (χ2n) is 5.73. The quantitative estimate of drug-likeness (QED) is 0.914. The van der Waals surface area contributed by atoms with Gasteiger partial charge in [-0.05, 0) is 25.0 Å². The molecule has 0 saturated carbocycles. The minimum atomic E-state index is -0.382. The highest BCUT2D eigenvalue weighted by molar-refractivity contribution is 6.01. The average Bonchev–Trinajstić information content (AvgIpc) is 2.86. The molecule has 0 atom stereocenters. The van der Waals surface area contributed by atoms with Gasteiger partial charge in [-0.25, -0.2) is 9.67 Å². The molecule has 2 aromatic heterocycles. The molecule has 8 nitrogen and oxygen atoms in total. The monoisotopic (exact) mass is 328 g/mol. The van der Waals surface area contributed by atoms with E-state index in [2.05, 4.69) is 20.4 Å². The third kappa shape index (κ3) is 4.15. The van der Waals surface area contributed by atoms with Gasteiger partial charge in [0.25, 0.3) is 5.91 Å². The Bertz CT molecular complexity index is 692. The number of hydrogen-bond acceptors (Lipinski definition) is 5. The lowest BCUT2D eigenvalue weighted by Crippen LogP contribution is -2.34. The van der Waals surface area contributed by atoms with Crippen molar-refractivity contribution in [3.8, 4) is 0 Å². The van der Waals surface area contributed by atoms with Crippen molar-refractivity contribution < 1.29 is 9.59 Å². The van der Waals surface area contributed by atoms with Crippen LogP contribution in [0.3, 0.4) is 0 Å². The topological polar surface area (TPSA) is 93.0 Å². The minimum Gasteiger partial charge on any atom is -0.341 e. The fourth-order valence-electron chi connectivity index (χ4n) is 2.65. The van der Waals surface area contributed by atoms with Gasteiger partial charge in [-0.1, -0.05) is 18.9 Å². The van der Waals surface area contributed by atoms with Crippen molar-refractivity contribution in [2.75, 3.05) is 18.4 Å². The first-order valence-electron chi connectivity index (χ1n) is 8.12. The van der Waals surface area contributed by atoms with Gasteiger partial charge in [0.1, 0.15) is 18.6 Å². The summed E-state index contributed by atoms with van der Waals surface area (Å²) in [5.41, 5.74) is 0.287. The maximum absolute atomic E-state index is 12.3. The summed E-state index contributed by atoms with van der Waals surface area (Å²) in [7, 11) is 0. The van der Waals surface area contributed by atoms with Gasteiger partial charge < -0.3 is 4.90 Å². The van der Waals surface area contributed by atoms with E-state index < -0.39 is 0 Å². The predicted molar refractivity (Wildman–Crippen MR) is 87.3 cm³/mol. The molecule has 3 rings (SSSR count). The Kier molecular flexibility index (Phi) is 5.15. The van der Waals surface area contributed by atoms with E-state index in [-0.39, 0.29) is 30.0 Å². The highest BCUT2D eigenvalue weighted by Crippen LogP contribution is 2.10. The molecule has 1 saturated heterocycles. The number of carbonyl (C=O) groups is 2. The zero-order chi connectivity index (χ0) is 16.8. The van der Waals surface area contributed by atoms with Crippen molar-refractivity contribution in [3.05, 3.63) is 36.4 Å². The van der Waals surface area contributed by atoms with Gasteiger partial charge in [-0.3, -0.25) is 19.9 Å². The smallest absolute Gasteiger partial charge is 0.276 e. The SMILES string of the molecule is O=C(Nc1ncn(CC(=O)N2CCCCCC2)n1)c1ccccn1. The van der Waals surface area contributed by atoms with Crippen LogP contribution in [0.15, 0.2) is 30.7 Å². The first-order valence-corrected chi connectivity index (χ1v) is 8.12. The van der Waals surface area contributed by atoms with Crippen LogP contribution in [0.2, 0.25) is 0 Å². The zero-order valence-electron chi connectivity index (χ0n) is 13.4. The molecule has 0 unspecified atom stereocenters. The number of carbonyl (C=O) groups excluding carboxylic acids is 2. The van der Waals surface area contributed by atoms with E-state index in [1.807, 2.05) is 4.90 Å². The summed E-state index contributed by atoms with van der Waals surface area (Å²) in [6, 6.07) is 5.07. The fraction of sp³-hybridized carbons (Fsp3) is 0.438. The van der Waals surface area contributed by atoms with Crippen LogP contribution in [0.1, 0.15) is 36.2 Å².